The van der Waals surface area contributed by atoms with Crippen LogP contribution >= 0.6 is 0 Å². The van der Waals surface area contributed by atoms with Crippen molar-refractivity contribution in [2.45, 2.75) is 96.8 Å². The lowest BCUT2D eigenvalue weighted by molar-refractivity contribution is -0.165. The maximum atomic E-state index is 15.5. The van der Waals surface area contributed by atoms with Gasteiger partial charge in [0.2, 0.25) is 5.91 Å². The highest BCUT2D eigenvalue weighted by atomic mass is 32.2. The summed E-state index contributed by atoms with van der Waals surface area (Å²) in [5.41, 5.74) is 0.178. The highest BCUT2D eigenvalue weighted by molar-refractivity contribution is 7.85. The molecule has 0 heterocycles. The number of amides is 1. The molecule has 1 amide bonds. The van der Waals surface area contributed by atoms with Gasteiger partial charge >= 0.3 is 0 Å². The van der Waals surface area contributed by atoms with Crippen molar-refractivity contribution in [3.63, 3.8) is 0 Å². The second-order valence-corrected chi connectivity index (χ2v) is 13.5. The topological polar surface area (TPSA) is 104 Å². The minimum absolute atomic E-state index is 0.0122. The van der Waals surface area contributed by atoms with Crippen LogP contribution in [0.1, 0.15) is 84.5 Å². The third kappa shape index (κ3) is 4.86. The van der Waals surface area contributed by atoms with Crippen LogP contribution in [0.3, 0.4) is 0 Å². The van der Waals surface area contributed by atoms with Crippen LogP contribution in [-0.2, 0) is 14.9 Å². The van der Waals surface area contributed by atoms with Gasteiger partial charge in [-0.1, -0.05) is 26.7 Å². The Morgan fingerprint density at radius 1 is 1.09 bits per heavy atom. The lowest BCUT2D eigenvalue weighted by atomic mass is 9.44. The van der Waals surface area contributed by atoms with Crippen molar-refractivity contribution in [3.05, 3.63) is 0 Å². The van der Waals surface area contributed by atoms with Gasteiger partial charge in [-0.25, -0.2) is 4.39 Å². The van der Waals surface area contributed by atoms with Gasteiger partial charge in [-0.15, -0.1) is 0 Å². The van der Waals surface area contributed by atoms with E-state index >= 15 is 4.39 Å². The molecule has 3 unspecified atom stereocenters. The Morgan fingerprint density at radius 2 is 1.82 bits per heavy atom. The molecule has 4 rings (SSSR count). The fourth-order valence-electron chi connectivity index (χ4n) is 8.77. The third-order valence-electron chi connectivity index (χ3n) is 10.4. The van der Waals surface area contributed by atoms with Crippen LogP contribution in [0.5, 0.6) is 0 Å². The number of carbonyl (C=O) groups excluding carboxylic acids is 1. The number of aliphatic hydroxyl groups excluding tert-OH is 1. The number of aliphatic hydroxyl groups is 1. The lowest BCUT2D eigenvalue weighted by Gasteiger charge is -2.62. The largest absolute Gasteiger partial charge is 0.393 e. The predicted octanol–water partition coefficient (Wildman–Crippen LogP) is 4.13. The highest BCUT2D eigenvalue weighted by Crippen LogP contribution is 2.68. The maximum absolute atomic E-state index is 15.5. The van der Waals surface area contributed by atoms with Gasteiger partial charge in [-0.2, -0.15) is 8.42 Å². The molecule has 4 aliphatic carbocycles. The first-order chi connectivity index (χ1) is 15.5. The van der Waals surface area contributed by atoms with E-state index in [1.165, 1.54) is 25.7 Å². The number of hydrogen-bond acceptors (Lipinski definition) is 4. The second-order valence-electron chi connectivity index (χ2n) is 12.0. The Labute approximate surface area is 198 Å². The van der Waals surface area contributed by atoms with Gasteiger partial charge in [0.05, 0.1) is 11.9 Å². The fraction of sp³-hybridized carbons (Fsp3) is 0.960. The van der Waals surface area contributed by atoms with Crippen molar-refractivity contribution in [1.29, 1.82) is 0 Å². The molecule has 0 aromatic rings. The molecule has 0 spiro atoms. The molecule has 33 heavy (non-hydrogen) atoms. The normalized spacial score (nSPS) is 43.8. The van der Waals surface area contributed by atoms with E-state index in [9.17, 15) is 18.3 Å². The average molecular weight is 488 g/mol. The van der Waals surface area contributed by atoms with Gasteiger partial charge in [0.1, 0.15) is 6.17 Å². The van der Waals surface area contributed by atoms with Gasteiger partial charge in [0.25, 0.3) is 10.1 Å². The zero-order valence-electron chi connectivity index (χ0n) is 20.1. The Hall–Kier alpha value is -0.730. The number of carbonyl (C=O) groups is 1. The van der Waals surface area contributed by atoms with Crippen molar-refractivity contribution in [3.8, 4) is 0 Å². The number of halogens is 1. The van der Waals surface area contributed by atoms with Gasteiger partial charge < -0.3 is 10.4 Å². The summed E-state index contributed by atoms with van der Waals surface area (Å²) < 4.78 is 45.8. The Kier molecular flexibility index (Phi) is 7.21. The number of nitrogens with one attached hydrogen (secondary N) is 1. The van der Waals surface area contributed by atoms with E-state index in [0.29, 0.717) is 23.2 Å². The smallest absolute Gasteiger partial charge is 0.266 e. The van der Waals surface area contributed by atoms with Gasteiger partial charge in [0, 0.05) is 13.0 Å². The van der Waals surface area contributed by atoms with Crippen molar-refractivity contribution < 1.29 is 27.3 Å². The molecule has 0 saturated heterocycles. The van der Waals surface area contributed by atoms with Crippen LogP contribution in [-0.4, -0.2) is 48.6 Å². The monoisotopic (exact) mass is 487 g/mol. The molecule has 0 aromatic carbocycles. The number of hydrogen-bond donors (Lipinski definition) is 3. The van der Waals surface area contributed by atoms with Crippen LogP contribution in [0.15, 0.2) is 0 Å². The minimum atomic E-state index is -4.12. The summed E-state index contributed by atoms with van der Waals surface area (Å²) in [5.74, 6) is 0.751. The molecule has 8 heteroatoms. The molecule has 0 bridgehead atoms. The van der Waals surface area contributed by atoms with E-state index in [2.05, 4.69) is 19.2 Å². The standard InChI is InChI=1S/C25H42FNO5S/c1-24-11-4-3-5-16(24)15-21(28)23-18-7-6-17(25(18,2)12-10-19(23)24)20(26)8-9-22(29)27-13-14-33(30,31)32/h16-21,23,28H,3-15H2,1-2H3,(H,27,29)(H,30,31,32)/t16?,17-,18?,19?,20+,21+,23+,24+,25-/m1/s1. The quantitative estimate of drug-likeness (QED) is 0.469. The molecule has 0 radical (unpaired) electrons. The Morgan fingerprint density at radius 3 is 2.55 bits per heavy atom. The Balaban J connectivity index is 1.38. The molecule has 0 aromatic heterocycles. The summed E-state index contributed by atoms with van der Waals surface area (Å²) in [4.78, 5) is 12.0. The summed E-state index contributed by atoms with van der Waals surface area (Å²) in [5, 5.41) is 13.7. The van der Waals surface area contributed by atoms with Gasteiger partial charge in [0.15, 0.2) is 0 Å². The summed E-state index contributed by atoms with van der Waals surface area (Å²) in [6.45, 7) is 4.53. The average Bonchev–Trinajstić information content (AvgIpc) is 3.08. The fourth-order valence-corrected chi connectivity index (χ4v) is 9.13. The van der Waals surface area contributed by atoms with Crippen LogP contribution in [0.25, 0.3) is 0 Å². The van der Waals surface area contributed by atoms with Crippen molar-refractivity contribution in [1.82, 2.24) is 5.32 Å². The van der Waals surface area contributed by atoms with E-state index in [4.69, 9.17) is 4.55 Å². The lowest BCUT2D eigenvalue weighted by Crippen LogP contribution is -2.57. The zero-order valence-corrected chi connectivity index (χ0v) is 21.0. The molecule has 4 saturated carbocycles. The summed E-state index contributed by atoms with van der Waals surface area (Å²) >= 11 is 0. The van der Waals surface area contributed by atoms with Gasteiger partial charge in [-0.3, -0.25) is 9.35 Å². The molecular weight excluding hydrogens is 445 g/mol. The van der Waals surface area contributed by atoms with Crippen LogP contribution in [0.4, 0.5) is 4.39 Å². The molecular formula is C25H42FNO5S. The first-order valence-corrected chi connectivity index (χ1v) is 14.6. The van der Waals surface area contributed by atoms with Crippen molar-refractivity contribution in [2.24, 2.45) is 40.4 Å². The molecule has 3 N–H and O–H groups in total. The van der Waals surface area contributed by atoms with Crippen LogP contribution < -0.4 is 5.32 Å². The van der Waals surface area contributed by atoms with Crippen molar-refractivity contribution >= 4 is 16.0 Å². The first kappa shape index (κ1) is 25.4. The predicted molar refractivity (Wildman–Crippen MR) is 125 cm³/mol. The van der Waals surface area contributed by atoms with E-state index in [1.54, 1.807) is 0 Å². The molecule has 0 aliphatic heterocycles. The third-order valence-corrected chi connectivity index (χ3v) is 11.2. The minimum Gasteiger partial charge on any atom is -0.393 e. The van der Waals surface area contributed by atoms with Crippen molar-refractivity contribution in [2.75, 3.05) is 12.3 Å². The van der Waals surface area contributed by atoms with E-state index < -0.39 is 22.0 Å². The Bertz CT molecular complexity index is 837. The zero-order chi connectivity index (χ0) is 24.0. The maximum Gasteiger partial charge on any atom is 0.266 e. The molecule has 4 aliphatic rings. The van der Waals surface area contributed by atoms with E-state index in [1.807, 2.05) is 0 Å². The molecule has 6 nitrogen and oxygen atoms in total. The number of fused-ring (bicyclic) bond motifs is 5. The first-order valence-electron chi connectivity index (χ1n) is 13.0. The molecule has 4 fully saturated rings. The summed E-state index contributed by atoms with van der Waals surface area (Å²) in [6, 6.07) is 0. The van der Waals surface area contributed by atoms with Crippen LogP contribution in [0.2, 0.25) is 0 Å². The van der Waals surface area contributed by atoms with E-state index in [-0.39, 0.29) is 48.6 Å². The number of rotatable bonds is 7. The number of alkyl halides is 1. The van der Waals surface area contributed by atoms with E-state index in [0.717, 1.165) is 32.1 Å². The van der Waals surface area contributed by atoms with Crippen LogP contribution in [0, 0.1) is 40.4 Å². The SMILES string of the molecule is C[C@]12CCCCC1C[C@H](O)[C@@H]1C2CC[C@@]2(C)C1CC[C@@H]2[C@@H](F)CCC(=O)NCCS(=O)(=O)O. The molecule has 9 atom stereocenters. The summed E-state index contributed by atoms with van der Waals surface area (Å²) in [7, 11) is -4.12. The highest BCUT2D eigenvalue weighted by Gasteiger charge is 2.62. The van der Waals surface area contributed by atoms with Gasteiger partial charge in [-0.05, 0) is 91.8 Å². The molecule has 190 valence electrons. The second kappa shape index (κ2) is 9.38. The summed E-state index contributed by atoms with van der Waals surface area (Å²) in [6.07, 6.45) is 8.58.